The van der Waals surface area contributed by atoms with Crippen molar-refractivity contribution in [2.75, 3.05) is 17.7 Å². The molecule has 0 saturated carbocycles. The van der Waals surface area contributed by atoms with Gasteiger partial charge in [0.2, 0.25) is 15.9 Å². The van der Waals surface area contributed by atoms with Crippen molar-refractivity contribution < 1.29 is 17.9 Å². The lowest BCUT2D eigenvalue weighted by Gasteiger charge is -2.32. The molecule has 2 atom stereocenters. The summed E-state index contributed by atoms with van der Waals surface area (Å²) in [5, 5.41) is 3.12. The Bertz CT molecular complexity index is 1020. The Morgan fingerprint density at radius 2 is 1.69 bits per heavy atom. The monoisotopic (exact) mass is 460 g/mol. The first-order chi connectivity index (χ1) is 15.0. The number of anilines is 1. The fourth-order valence-electron chi connectivity index (χ4n) is 3.78. The first-order valence-corrected chi connectivity index (χ1v) is 12.8. The third kappa shape index (κ3) is 6.48. The number of carbonyl (C=O) groups is 1. The van der Waals surface area contributed by atoms with E-state index in [0.29, 0.717) is 18.0 Å². The van der Waals surface area contributed by atoms with Gasteiger partial charge in [-0.15, -0.1) is 0 Å². The van der Waals surface area contributed by atoms with Gasteiger partial charge in [-0.2, -0.15) is 0 Å². The maximum atomic E-state index is 13.4. The Kier molecular flexibility index (Phi) is 8.73. The van der Waals surface area contributed by atoms with Crippen molar-refractivity contribution in [3.63, 3.8) is 0 Å². The molecule has 0 fully saturated rings. The van der Waals surface area contributed by atoms with Crippen molar-refractivity contribution >= 4 is 21.6 Å². The van der Waals surface area contributed by atoms with Crippen molar-refractivity contribution in [3.8, 4) is 5.75 Å². The van der Waals surface area contributed by atoms with Gasteiger partial charge < -0.3 is 10.1 Å². The second kappa shape index (κ2) is 10.9. The summed E-state index contributed by atoms with van der Waals surface area (Å²) in [6.45, 7) is 9.92. The maximum Gasteiger partial charge on any atom is 0.244 e. The average molecular weight is 461 g/mol. The van der Waals surface area contributed by atoms with Gasteiger partial charge in [-0.05, 0) is 73.6 Å². The highest BCUT2D eigenvalue weighted by molar-refractivity contribution is 7.92. The predicted octanol–water partition coefficient (Wildman–Crippen LogP) is 4.76. The second-order valence-corrected chi connectivity index (χ2v) is 10.6. The Balaban J connectivity index is 2.40. The number of hydrogen-bond acceptors (Lipinski definition) is 4. The molecular weight excluding hydrogens is 424 g/mol. The fourth-order valence-corrected chi connectivity index (χ4v) is 4.98. The largest absolute Gasteiger partial charge is 0.497 e. The normalized spacial score (nSPS) is 13.5. The Hall–Kier alpha value is -2.54. The average Bonchev–Trinajstić information content (AvgIpc) is 2.72. The van der Waals surface area contributed by atoms with E-state index in [1.165, 1.54) is 4.31 Å². The van der Waals surface area contributed by atoms with Crippen LogP contribution in [0.1, 0.15) is 56.3 Å². The van der Waals surface area contributed by atoms with E-state index >= 15 is 0 Å². The van der Waals surface area contributed by atoms with E-state index in [9.17, 15) is 13.2 Å². The summed E-state index contributed by atoms with van der Waals surface area (Å²) in [5.41, 5.74) is 3.50. The van der Waals surface area contributed by atoms with Gasteiger partial charge in [-0.1, -0.05) is 39.0 Å². The Labute approximate surface area is 193 Å². The molecule has 0 saturated heterocycles. The zero-order chi connectivity index (χ0) is 24.1. The van der Waals surface area contributed by atoms with Gasteiger partial charge in [0.05, 0.1) is 25.1 Å². The van der Waals surface area contributed by atoms with Gasteiger partial charge in [0, 0.05) is 0 Å². The van der Waals surface area contributed by atoms with Crippen LogP contribution in [0.25, 0.3) is 0 Å². The van der Waals surface area contributed by atoms with E-state index in [4.69, 9.17) is 4.74 Å². The topological polar surface area (TPSA) is 75.7 Å². The van der Waals surface area contributed by atoms with E-state index in [2.05, 4.69) is 19.2 Å². The molecule has 0 radical (unpaired) electrons. The zero-order valence-electron chi connectivity index (χ0n) is 20.2. The smallest absolute Gasteiger partial charge is 0.244 e. The molecule has 176 valence electrons. The summed E-state index contributed by atoms with van der Waals surface area (Å²) in [6.07, 6.45) is 2.23. The summed E-state index contributed by atoms with van der Waals surface area (Å²) in [6, 6.07) is 12.0. The lowest BCUT2D eigenvalue weighted by atomic mass is 9.96. The van der Waals surface area contributed by atoms with Crippen LogP contribution in [0.15, 0.2) is 42.5 Å². The number of nitrogens with one attached hydrogen (secondary N) is 1. The summed E-state index contributed by atoms with van der Waals surface area (Å²) in [7, 11) is -2.07. The molecule has 1 N–H and O–H groups in total. The summed E-state index contributed by atoms with van der Waals surface area (Å²) in [5.74, 6) is 0.777. The van der Waals surface area contributed by atoms with Crippen LogP contribution < -0.4 is 14.4 Å². The molecule has 0 aliphatic heterocycles. The molecule has 32 heavy (non-hydrogen) atoms. The number of rotatable bonds is 10. The minimum atomic E-state index is -3.68. The molecular formula is C25H36N2O4S. The molecule has 2 aromatic rings. The van der Waals surface area contributed by atoms with Crippen LogP contribution in [0.3, 0.4) is 0 Å². The SMILES string of the molecule is CCC(C(=O)NC(CC(C)C)c1ccc(OC)cc1)N(c1ccc(C)c(C)c1)S(C)(=O)=O. The highest BCUT2D eigenvalue weighted by Crippen LogP contribution is 2.27. The van der Waals surface area contributed by atoms with Crippen LogP contribution in [0.5, 0.6) is 5.75 Å². The minimum Gasteiger partial charge on any atom is -0.497 e. The molecule has 0 bridgehead atoms. The minimum absolute atomic E-state index is 0.233. The number of nitrogens with zero attached hydrogens (tertiary/aromatic N) is 1. The molecule has 0 aliphatic rings. The van der Waals surface area contributed by atoms with E-state index < -0.39 is 16.1 Å². The van der Waals surface area contributed by atoms with Gasteiger partial charge in [0.15, 0.2) is 0 Å². The number of sulfonamides is 1. The van der Waals surface area contributed by atoms with Crippen molar-refractivity contribution in [2.24, 2.45) is 5.92 Å². The molecule has 2 aromatic carbocycles. The van der Waals surface area contributed by atoms with Crippen molar-refractivity contribution in [1.82, 2.24) is 5.32 Å². The third-order valence-corrected chi connectivity index (χ3v) is 6.80. The standard InChI is InChI=1S/C25H36N2O4S/c1-8-24(27(32(7,29)30)21-12-9-18(4)19(5)16-21)25(28)26-23(15-17(2)3)20-10-13-22(31-6)14-11-20/h9-14,16-17,23-24H,8,15H2,1-7H3,(H,26,28). The van der Waals surface area contributed by atoms with E-state index in [0.717, 1.165) is 35.1 Å². The molecule has 1 amide bonds. The quantitative estimate of drug-likeness (QED) is 0.555. The van der Waals surface area contributed by atoms with Gasteiger partial charge in [-0.3, -0.25) is 9.10 Å². The van der Waals surface area contributed by atoms with E-state index in [1.54, 1.807) is 13.2 Å². The molecule has 2 rings (SSSR count). The lowest BCUT2D eigenvalue weighted by molar-refractivity contribution is -0.123. The number of amides is 1. The van der Waals surface area contributed by atoms with Gasteiger partial charge in [-0.25, -0.2) is 8.42 Å². The second-order valence-electron chi connectivity index (χ2n) is 8.72. The van der Waals surface area contributed by atoms with Crippen molar-refractivity contribution in [3.05, 3.63) is 59.2 Å². The van der Waals surface area contributed by atoms with Gasteiger partial charge >= 0.3 is 0 Å². The van der Waals surface area contributed by atoms with Gasteiger partial charge in [0.1, 0.15) is 11.8 Å². The number of ether oxygens (including phenoxy) is 1. The van der Waals surface area contributed by atoms with Crippen molar-refractivity contribution in [1.29, 1.82) is 0 Å². The summed E-state index contributed by atoms with van der Waals surface area (Å²) >= 11 is 0. The van der Waals surface area contributed by atoms with Crippen molar-refractivity contribution in [2.45, 2.75) is 59.5 Å². The third-order valence-electron chi connectivity index (χ3n) is 5.62. The van der Waals surface area contributed by atoms with E-state index in [1.807, 2.05) is 57.2 Å². The number of hydrogen-bond donors (Lipinski definition) is 1. The van der Waals surface area contributed by atoms with Crippen LogP contribution in [0.2, 0.25) is 0 Å². The molecule has 0 spiro atoms. The fraction of sp³-hybridized carbons (Fsp3) is 0.480. The lowest BCUT2D eigenvalue weighted by Crippen LogP contribution is -2.50. The first kappa shape index (κ1) is 25.7. The van der Waals surface area contributed by atoms with Crippen LogP contribution in [-0.4, -0.2) is 33.7 Å². The zero-order valence-corrected chi connectivity index (χ0v) is 21.0. The molecule has 0 aliphatic carbocycles. The molecule has 2 unspecified atom stereocenters. The van der Waals surface area contributed by atoms with Crippen LogP contribution in [0, 0.1) is 19.8 Å². The molecule has 0 aromatic heterocycles. The van der Waals surface area contributed by atoms with Crippen LogP contribution in [-0.2, 0) is 14.8 Å². The van der Waals surface area contributed by atoms with Crippen LogP contribution in [0.4, 0.5) is 5.69 Å². The molecule has 6 nitrogen and oxygen atoms in total. The van der Waals surface area contributed by atoms with E-state index in [-0.39, 0.29) is 11.9 Å². The maximum absolute atomic E-state index is 13.4. The Morgan fingerprint density at radius 1 is 1.06 bits per heavy atom. The van der Waals surface area contributed by atoms with Gasteiger partial charge in [0.25, 0.3) is 0 Å². The summed E-state index contributed by atoms with van der Waals surface area (Å²) in [4.78, 5) is 13.4. The number of methoxy groups -OCH3 is 1. The first-order valence-electron chi connectivity index (χ1n) is 11.0. The Morgan fingerprint density at radius 3 is 2.16 bits per heavy atom. The highest BCUT2D eigenvalue weighted by Gasteiger charge is 2.33. The molecule has 7 heteroatoms. The summed E-state index contributed by atoms with van der Waals surface area (Å²) < 4.78 is 32.0. The highest BCUT2D eigenvalue weighted by atomic mass is 32.2. The van der Waals surface area contributed by atoms with Crippen LogP contribution >= 0.6 is 0 Å². The number of aryl methyl sites for hydroxylation is 2. The predicted molar refractivity (Wildman–Crippen MR) is 131 cm³/mol. The number of carbonyl (C=O) groups excluding carboxylic acids is 1. The number of benzene rings is 2. The molecule has 0 heterocycles.